The summed E-state index contributed by atoms with van der Waals surface area (Å²) in [5.74, 6) is 1.85. The van der Waals surface area contributed by atoms with Crippen LogP contribution in [-0.2, 0) is 18.3 Å². The molecule has 0 amide bonds. The molecule has 164 valence electrons. The van der Waals surface area contributed by atoms with Crippen LogP contribution in [0.3, 0.4) is 0 Å². The molecule has 1 atom stereocenters. The molecule has 2 N–H and O–H groups in total. The van der Waals surface area contributed by atoms with E-state index in [0.717, 1.165) is 52.1 Å². The van der Waals surface area contributed by atoms with E-state index in [0.29, 0.717) is 5.92 Å². The summed E-state index contributed by atoms with van der Waals surface area (Å²) in [6, 6.07) is 15.8. The van der Waals surface area contributed by atoms with Crippen LogP contribution in [0.2, 0.25) is 0 Å². The third-order valence-electron chi connectivity index (χ3n) is 7.61. The van der Waals surface area contributed by atoms with Gasteiger partial charge in [0.2, 0.25) is 0 Å². The number of piperazine rings is 1. The van der Waals surface area contributed by atoms with Crippen LogP contribution < -0.4 is 10.6 Å². The Bertz CT molecular complexity index is 1050. The van der Waals surface area contributed by atoms with Crippen molar-refractivity contribution in [1.29, 1.82) is 0 Å². The summed E-state index contributed by atoms with van der Waals surface area (Å²) in [5.41, 5.74) is 10.7. The SMILES string of the molecule is CC1(C)c2ccc(CCN3CCN(c4nsc5ccccc45)CC3)cc2CC1CCN. The minimum Gasteiger partial charge on any atom is -0.353 e. The van der Waals surface area contributed by atoms with E-state index in [-0.39, 0.29) is 5.41 Å². The Balaban J connectivity index is 1.18. The summed E-state index contributed by atoms with van der Waals surface area (Å²) < 4.78 is 6.03. The zero-order valence-corrected chi connectivity index (χ0v) is 19.6. The highest BCUT2D eigenvalue weighted by atomic mass is 32.1. The summed E-state index contributed by atoms with van der Waals surface area (Å²) in [7, 11) is 0. The van der Waals surface area contributed by atoms with Gasteiger partial charge >= 0.3 is 0 Å². The summed E-state index contributed by atoms with van der Waals surface area (Å²) in [6.07, 6.45) is 3.44. The third kappa shape index (κ3) is 3.99. The lowest BCUT2D eigenvalue weighted by atomic mass is 9.77. The Hall–Kier alpha value is -1.95. The molecule has 31 heavy (non-hydrogen) atoms. The van der Waals surface area contributed by atoms with E-state index in [2.05, 4.69) is 66.1 Å². The van der Waals surface area contributed by atoms with Gasteiger partial charge in [-0.25, -0.2) is 0 Å². The molecule has 0 bridgehead atoms. The first kappa shape index (κ1) is 20.9. The van der Waals surface area contributed by atoms with Gasteiger partial charge in [0.15, 0.2) is 0 Å². The molecule has 2 heterocycles. The number of rotatable bonds is 6. The summed E-state index contributed by atoms with van der Waals surface area (Å²) >= 11 is 1.62. The van der Waals surface area contributed by atoms with Crippen LogP contribution in [0.5, 0.6) is 0 Å². The summed E-state index contributed by atoms with van der Waals surface area (Å²) in [6.45, 7) is 11.1. The molecular weight excluding hydrogens is 400 g/mol. The predicted octanol–water partition coefficient (Wildman–Crippen LogP) is 4.46. The summed E-state index contributed by atoms with van der Waals surface area (Å²) in [5, 5.41) is 1.30. The third-order valence-corrected chi connectivity index (χ3v) is 8.43. The van der Waals surface area contributed by atoms with Crippen molar-refractivity contribution in [3.8, 4) is 0 Å². The minimum absolute atomic E-state index is 0.253. The number of hydrogen-bond acceptors (Lipinski definition) is 5. The highest BCUT2D eigenvalue weighted by Crippen LogP contribution is 2.44. The molecule has 1 aliphatic carbocycles. The van der Waals surface area contributed by atoms with Crippen LogP contribution >= 0.6 is 11.5 Å². The monoisotopic (exact) mass is 434 g/mol. The molecule has 1 aromatic heterocycles. The fourth-order valence-electron chi connectivity index (χ4n) is 5.58. The highest BCUT2D eigenvalue weighted by Gasteiger charge is 2.38. The Morgan fingerprint density at radius 3 is 2.71 bits per heavy atom. The molecular formula is C26H34N4S. The van der Waals surface area contributed by atoms with Crippen molar-refractivity contribution in [2.45, 2.75) is 38.5 Å². The Kier molecular flexibility index (Phi) is 5.76. The Morgan fingerprint density at radius 1 is 1.10 bits per heavy atom. The van der Waals surface area contributed by atoms with E-state index in [1.165, 1.54) is 27.9 Å². The first-order valence-corrected chi connectivity index (χ1v) is 12.5. The second kappa shape index (κ2) is 8.53. The molecule has 2 aliphatic rings. The average molecular weight is 435 g/mol. The van der Waals surface area contributed by atoms with Gasteiger partial charge in [0.1, 0.15) is 5.82 Å². The predicted molar refractivity (Wildman–Crippen MR) is 132 cm³/mol. The second-order valence-corrected chi connectivity index (χ2v) is 10.6. The van der Waals surface area contributed by atoms with E-state index in [4.69, 9.17) is 10.1 Å². The molecule has 1 fully saturated rings. The highest BCUT2D eigenvalue weighted by molar-refractivity contribution is 7.13. The molecule has 2 aromatic carbocycles. The van der Waals surface area contributed by atoms with Crippen LogP contribution in [0.25, 0.3) is 10.1 Å². The quantitative estimate of drug-likeness (QED) is 0.622. The van der Waals surface area contributed by atoms with Crippen molar-refractivity contribution < 1.29 is 0 Å². The lowest BCUT2D eigenvalue weighted by Gasteiger charge is -2.35. The average Bonchev–Trinajstić information content (AvgIpc) is 3.32. The minimum atomic E-state index is 0.253. The number of aromatic nitrogens is 1. The molecule has 1 unspecified atom stereocenters. The van der Waals surface area contributed by atoms with Crippen molar-refractivity contribution in [3.63, 3.8) is 0 Å². The van der Waals surface area contributed by atoms with Crippen molar-refractivity contribution in [2.75, 3.05) is 44.2 Å². The van der Waals surface area contributed by atoms with E-state index < -0.39 is 0 Å². The Labute approximate surface area is 190 Å². The number of fused-ring (bicyclic) bond motifs is 2. The second-order valence-electron chi connectivity index (χ2n) is 9.77. The molecule has 0 radical (unpaired) electrons. The molecule has 0 spiro atoms. The maximum absolute atomic E-state index is 5.88. The molecule has 0 saturated carbocycles. The largest absolute Gasteiger partial charge is 0.353 e. The maximum atomic E-state index is 5.88. The van der Waals surface area contributed by atoms with Gasteiger partial charge in [-0.05, 0) is 77.5 Å². The number of nitrogens with zero attached hydrogens (tertiary/aromatic N) is 3. The van der Waals surface area contributed by atoms with Crippen molar-refractivity contribution in [1.82, 2.24) is 9.27 Å². The topological polar surface area (TPSA) is 45.4 Å². The number of anilines is 1. The van der Waals surface area contributed by atoms with Crippen LogP contribution in [-0.4, -0.2) is 48.5 Å². The summed E-state index contributed by atoms with van der Waals surface area (Å²) in [4.78, 5) is 5.07. The van der Waals surface area contributed by atoms with Gasteiger partial charge in [0.05, 0.1) is 4.70 Å². The fourth-order valence-corrected chi connectivity index (χ4v) is 6.37. The van der Waals surface area contributed by atoms with Crippen LogP contribution in [0, 0.1) is 5.92 Å². The Morgan fingerprint density at radius 2 is 1.90 bits per heavy atom. The number of nitrogens with two attached hydrogens (primary N) is 1. The molecule has 5 rings (SSSR count). The fraction of sp³-hybridized carbons (Fsp3) is 0.500. The first-order valence-electron chi connectivity index (χ1n) is 11.7. The van der Waals surface area contributed by atoms with Crippen molar-refractivity contribution in [3.05, 3.63) is 59.2 Å². The number of hydrogen-bond donors (Lipinski definition) is 1. The van der Waals surface area contributed by atoms with Gasteiger partial charge in [0.25, 0.3) is 0 Å². The van der Waals surface area contributed by atoms with Gasteiger partial charge in [-0.1, -0.05) is 44.2 Å². The van der Waals surface area contributed by atoms with Crippen LogP contribution in [0.15, 0.2) is 42.5 Å². The molecule has 4 nitrogen and oxygen atoms in total. The number of benzene rings is 2. The normalized spacial score (nSPS) is 21.0. The van der Waals surface area contributed by atoms with Gasteiger partial charge in [-0.3, -0.25) is 4.90 Å². The van der Waals surface area contributed by atoms with Gasteiger partial charge in [-0.15, -0.1) is 0 Å². The van der Waals surface area contributed by atoms with Crippen molar-refractivity contribution in [2.24, 2.45) is 11.7 Å². The first-order chi connectivity index (χ1) is 15.1. The van der Waals surface area contributed by atoms with E-state index >= 15 is 0 Å². The maximum Gasteiger partial charge on any atom is 0.150 e. The van der Waals surface area contributed by atoms with Crippen molar-refractivity contribution >= 4 is 27.4 Å². The standard InChI is InChI=1S/C26H34N4S/c1-26(2)21(9-11-27)18-20-17-19(7-8-23(20)26)10-12-29-13-15-30(16-14-29)25-22-5-3-4-6-24(22)31-28-25/h3-8,17,21H,9-16,18,27H2,1-2H3. The lowest BCUT2D eigenvalue weighted by Crippen LogP contribution is -2.47. The molecule has 1 aliphatic heterocycles. The van der Waals surface area contributed by atoms with Crippen LogP contribution in [0.4, 0.5) is 5.82 Å². The van der Waals surface area contributed by atoms with Gasteiger partial charge in [-0.2, -0.15) is 4.37 Å². The zero-order chi connectivity index (χ0) is 21.4. The molecule has 3 aromatic rings. The lowest BCUT2D eigenvalue weighted by molar-refractivity contribution is 0.260. The van der Waals surface area contributed by atoms with E-state index in [9.17, 15) is 0 Å². The van der Waals surface area contributed by atoms with Gasteiger partial charge < -0.3 is 10.6 Å². The molecule has 5 heteroatoms. The van der Waals surface area contributed by atoms with Crippen LogP contribution in [0.1, 0.15) is 37.0 Å². The smallest absolute Gasteiger partial charge is 0.150 e. The van der Waals surface area contributed by atoms with E-state index in [1.807, 2.05) is 0 Å². The zero-order valence-electron chi connectivity index (χ0n) is 18.8. The van der Waals surface area contributed by atoms with Gasteiger partial charge in [0, 0.05) is 38.1 Å². The van der Waals surface area contributed by atoms with E-state index in [1.54, 1.807) is 22.7 Å². The molecule has 1 saturated heterocycles.